The molecule has 0 aromatic heterocycles. The number of likely N-dealkylation sites (N-methyl/N-ethyl adjacent to an activating group) is 1. The van der Waals surface area contributed by atoms with Gasteiger partial charge in [0.15, 0.2) is 5.96 Å². The third kappa shape index (κ3) is 4.47. The van der Waals surface area contributed by atoms with E-state index in [0.717, 1.165) is 32.0 Å². The van der Waals surface area contributed by atoms with E-state index in [-0.39, 0.29) is 0 Å². The number of benzene rings is 1. The second-order valence-corrected chi connectivity index (χ2v) is 5.85. The Morgan fingerprint density at radius 2 is 2.00 bits per heavy atom. The lowest BCUT2D eigenvalue weighted by Crippen LogP contribution is -2.44. The van der Waals surface area contributed by atoms with Gasteiger partial charge in [0.25, 0.3) is 0 Å². The SMILES string of the molecule is CCc1ccccc1CNC(=NC)NCC1CCCN1CC. The number of aliphatic imine (C=N–C) groups is 1. The molecule has 1 fully saturated rings. The molecule has 1 saturated heterocycles. The number of likely N-dealkylation sites (tertiary alicyclic amines) is 1. The summed E-state index contributed by atoms with van der Waals surface area (Å²) in [5.41, 5.74) is 2.75. The van der Waals surface area contributed by atoms with Gasteiger partial charge >= 0.3 is 0 Å². The maximum Gasteiger partial charge on any atom is 0.191 e. The monoisotopic (exact) mass is 302 g/mol. The summed E-state index contributed by atoms with van der Waals surface area (Å²) in [7, 11) is 1.84. The minimum absolute atomic E-state index is 0.645. The highest BCUT2D eigenvalue weighted by molar-refractivity contribution is 5.79. The van der Waals surface area contributed by atoms with Gasteiger partial charge < -0.3 is 10.6 Å². The van der Waals surface area contributed by atoms with Crippen LogP contribution in [0.25, 0.3) is 0 Å². The second-order valence-electron chi connectivity index (χ2n) is 5.85. The molecule has 0 saturated carbocycles. The zero-order valence-electron chi connectivity index (χ0n) is 14.2. The van der Waals surface area contributed by atoms with E-state index in [4.69, 9.17) is 0 Å². The molecule has 1 heterocycles. The van der Waals surface area contributed by atoms with Crippen LogP contribution in [0.1, 0.15) is 37.8 Å². The minimum atomic E-state index is 0.645. The molecule has 1 aliphatic rings. The van der Waals surface area contributed by atoms with Crippen LogP contribution in [-0.2, 0) is 13.0 Å². The average molecular weight is 302 g/mol. The van der Waals surface area contributed by atoms with Gasteiger partial charge in [-0.2, -0.15) is 0 Å². The molecule has 0 bridgehead atoms. The van der Waals surface area contributed by atoms with E-state index in [0.29, 0.717) is 6.04 Å². The molecule has 0 aliphatic carbocycles. The molecule has 0 spiro atoms. The number of nitrogens with zero attached hydrogens (tertiary/aromatic N) is 2. The number of aryl methyl sites for hydroxylation is 1. The Labute approximate surface area is 135 Å². The molecule has 0 amide bonds. The van der Waals surface area contributed by atoms with Gasteiger partial charge in [-0.15, -0.1) is 0 Å². The Morgan fingerprint density at radius 3 is 2.68 bits per heavy atom. The maximum atomic E-state index is 4.35. The maximum absolute atomic E-state index is 4.35. The number of nitrogens with one attached hydrogen (secondary N) is 2. The lowest BCUT2D eigenvalue weighted by atomic mass is 10.1. The van der Waals surface area contributed by atoms with Gasteiger partial charge in [-0.1, -0.05) is 38.1 Å². The molecule has 2 rings (SSSR count). The van der Waals surface area contributed by atoms with Crippen molar-refractivity contribution in [3.05, 3.63) is 35.4 Å². The lowest BCUT2D eigenvalue weighted by molar-refractivity contribution is 0.267. The van der Waals surface area contributed by atoms with Gasteiger partial charge in [-0.05, 0) is 43.5 Å². The lowest BCUT2D eigenvalue weighted by Gasteiger charge is -2.24. The first-order valence-corrected chi connectivity index (χ1v) is 8.53. The first kappa shape index (κ1) is 16.8. The zero-order valence-corrected chi connectivity index (χ0v) is 14.2. The third-order valence-corrected chi connectivity index (χ3v) is 4.58. The highest BCUT2D eigenvalue weighted by Gasteiger charge is 2.22. The van der Waals surface area contributed by atoms with E-state index in [1.54, 1.807) is 0 Å². The van der Waals surface area contributed by atoms with E-state index in [1.165, 1.54) is 30.5 Å². The Hall–Kier alpha value is -1.55. The van der Waals surface area contributed by atoms with Crippen LogP contribution in [0.5, 0.6) is 0 Å². The van der Waals surface area contributed by atoms with Crippen LogP contribution >= 0.6 is 0 Å². The van der Waals surface area contributed by atoms with Crippen molar-refractivity contribution in [2.45, 2.75) is 45.7 Å². The first-order chi connectivity index (χ1) is 10.8. The molecule has 22 heavy (non-hydrogen) atoms. The summed E-state index contributed by atoms with van der Waals surface area (Å²) >= 11 is 0. The van der Waals surface area contributed by atoms with Gasteiger partial charge in [0.1, 0.15) is 0 Å². The topological polar surface area (TPSA) is 39.7 Å². The average Bonchev–Trinajstić information content (AvgIpc) is 3.03. The fraction of sp³-hybridized carbons (Fsp3) is 0.611. The van der Waals surface area contributed by atoms with Crippen molar-refractivity contribution < 1.29 is 0 Å². The van der Waals surface area contributed by atoms with Gasteiger partial charge in [0.2, 0.25) is 0 Å². The first-order valence-electron chi connectivity index (χ1n) is 8.53. The fourth-order valence-electron chi connectivity index (χ4n) is 3.23. The standard InChI is InChI=1S/C18H30N4/c1-4-15-9-6-7-10-16(15)13-20-18(19-3)21-14-17-11-8-12-22(17)5-2/h6-7,9-10,17H,4-5,8,11-14H2,1-3H3,(H2,19,20,21). The summed E-state index contributed by atoms with van der Waals surface area (Å²) in [6.07, 6.45) is 3.67. The smallest absolute Gasteiger partial charge is 0.191 e. The van der Waals surface area contributed by atoms with Crippen molar-refractivity contribution in [1.29, 1.82) is 0 Å². The molecule has 1 aromatic carbocycles. The van der Waals surface area contributed by atoms with E-state index in [2.05, 4.69) is 58.6 Å². The molecule has 1 unspecified atom stereocenters. The molecule has 4 heteroatoms. The summed E-state index contributed by atoms with van der Waals surface area (Å²) in [5, 5.41) is 6.92. The zero-order chi connectivity index (χ0) is 15.8. The van der Waals surface area contributed by atoms with Crippen LogP contribution in [0.15, 0.2) is 29.3 Å². The predicted molar refractivity (Wildman–Crippen MR) is 94.3 cm³/mol. The quantitative estimate of drug-likeness (QED) is 0.626. The predicted octanol–water partition coefficient (Wildman–Crippen LogP) is 2.40. The molecule has 1 aromatic rings. The van der Waals surface area contributed by atoms with Crippen molar-refractivity contribution in [2.75, 3.05) is 26.7 Å². The summed E-state index contributed by atoms with van der Waals surface area (Å²) in [5.74, 6) is 0.897. The van der Waals surface area contributed by atoms with E-state index in [1.807, 2.05) is 7.05 Å². The molecular formula is C18H30N4. The highest BCUT2D eigenvalue weighted by atomic mass is 15.2. The summed E-state index contributed by atoms with van der Waals surface area (Å²) in [6, 6.07) is 9.24. The van der Waals surface area contributed by atoms with E-state index >= 15 is 0 Å². The Morgan fingerprint density at radius 1 is 1.23 bits per heavy atom. The van der Waals surface area contributed by atoms with Crippen LogP contribution in [0.4, 0.5) is 0 Å². The molecule has 0 radical (unpaired) electrons. The van der Waals surface area contributed by atoms with Crippen molar-refractivity contribution in [3.63, 3.8) is 0 Å². The normalized spacial score (nSPS) is 19.4. The van der Waals surface area contributed by atoms with Crippen molar-refractivity contribution in [1.82, 2.24) is 15.5 Å². The molecule has 122 valence electrons. The van der Waals surface area contributed by atoms with Crippen LogP contribution in [0, 0.1) is 0 Å². The van der Waals surface area contributed by atoms with Gasteiger partial charge in [0, 0.05) is 26.2 Å². The number of guanidine groups is 1. The Bertz CT molecular complexity index is 484. The minimum Gasteiger partial charge on any atom is -0.355 e. The van der Waals surface area contributed by atoms with Gasteiger partial charge in [0.05, 0.1) is 0 Å². The largest absolute Gasteiger partial charge is 0.355 e. The molecule has 4 nitrogen and oxygen atoms in total. The van der Waals surface area contributed by atoms with Crippen molar-refractivity contribution in [2.24, 2.45) is 4.99 Å². The second kappa shape index (κ2) is 8.79. The molecule has 1 aliphatic heterocycles. The molecular weight excluding hydrogens is 272 g/mol. The summed E-state index contributed by atoms with van der Waals surface area (Å²) < 4.78 is 0. The van der Waals surface area contributed by atoms with Crippen LogP contribution in [0.2, 0.25) is 0 Å². The molecule has 1 atom stereocenters. The number of hydrogen-bond donors (Lipinski definition) is 2. The molecule has 2 N–H and O–H groups in total. The van der Waals surface area contributed by atoms with Crippen LogP contribution < -0.4 is 10.6 Å². The highest BCUT2D eigenvalue weighted by Crippen LogP contribution is 2.15. The number of rotatable bonds is 6. The van der Waals surface area contributed by atoms with E-state index in [9.17, 15) is 0 Å². The summed E-state index contributed by atoms with van der Waals surface area (Å²) in [4.78, 5) is 6.89. The van der Waals surface area contributed by atoms with Gasteiger partial charge in [-0.25, -0.2) is 0 Å². The Balaban J connectivity index is 1.82. The fourth-order valence-corrected chi connectivity index (χ4v) is 3.23. The summed E-state index contributed by atoms with van der Waals surface area (Å²) in [6.45, 7) is 8.62. The number of hydrogen-bond acceptors (Lipinski definition) is 2. The third-order valence-electron chi connectivity index (χ3n) is 4.58. The van der Waals surface area contributed by atoms with Crippen LogP contribution in [0.3, 0.4) is 0 Å². The Kier molecular flexibility index (Phi) is 6.72. The van der Waals surface area contributed by atoms with Gasteiger partial charge in [-0.3, -0.25) is 9.89 Å². The van der Waals surface area contributed by atoms with Crippen molar-refractivity contribution >= 4 is 5.96 Å². The van der Waals surface area contributed by atoms with E-state index < -0.39 is 0 Å². The van der Waals surface area contributed by atoms with Crippen LogP contribution in [-0.4, -0.2) is 43.6 Å². The van der Waals surface area contributed by atoms with Crippen molar-refractivity contribution in [3.8, 4) is 0 Å².